The number of rotatable bonds is 5. The molecule has 102 valence electrons. The molecular formula is C13H12N4O3. The van der Waals surface area contributed by atoms with Crippen molar-refractivity contribution in [2.24, 2.45) is 5.73 Å². The van der Waals surface area contributed by atoms with E-state index in [-0.39, 0.29) is 17.8 Å². The predicted molar refractivity (Wildman–Crippen MR) is 73.2 cm³/mol. The van der Waals surface area contributed by atoms with E-state index in [1.54, 1.807) is 24.3 Å². The predicted octanol–water partition coefficient (Wildman–Crippen LogP) is 1.70. The van der Waals surface area contributed by atoms with Crippen LogP contribution in [0.3, 0.4) is 0 Å². The molecule has 20 heavy (non-hydrogen) atoms. The number of nitrogens with two attached hydrogens (primary N) is 1. The van der Waals surface area contributed by atoms with E-state index >= 15 is 0 Å². The highest BCUT2D eigenvalue weighted by atomic mass is 16.6. The van der Waals surface area contributed by atoms with Crippen molar-refractivity contribution in [2.75, 3.05) is 5.32 Å². The Morgan fingerprint density at radius 1 is 1.30 bits per heavy atom. The van der Waals surface area contributed by atoms with Gasteiger partial charge in [-0.2, -0.15) is 0 Å². The summed E-state index contributed by atoms with van der Waals surface area (Å²) >= 11 is 0. The van der Waals surface area contributed by atoms with E-state index in [9.17, 15) is 14.9 Å². The van der Waals surface area contributed by atoms with Crippen LogP contribution < -0.4 is 11.1 Å². The van der Waals surface area contributed by atoms with Gasteiger partial charge in [0.2, 0.25) is 0 Å². The molecule has 7 nitrogen and oxygen atoms in total. The first kappa shape index (κ1) is 13.5. The molecule has 0 spiro atoms. The molecule has 0 bridgehead atoms. The molecule has 0 radical (unpaired) electrons. The minimum Gasteiger partial charge on any atom is -0.365 e. The smallest absolute Gasteiger partial charge is 0.274 e. The normalized spacial score (nSPS) is 10.0. The van der Waals surface area contributed by atoms with Gasteiger partial charge in [0.25, 0.3) is 11.6 Å². The summed E-state index contributed by atoms with van der Waals surface area (Å²) in [6.07, 6.45) is 1.51. The minimum absolute atomic E-state index is 0.0107. The number of nitro benzene ring substituents is 1. The molecular weight excluding hydrogens is 260 g/mol. The zero-order valence-corrected chi connectivity index (χ0v) is 10.4. The summed E-state index contributed by atoms with van der Waals surface area (Å²) in [6.45, 7) is 0.175. The van der Waals surface area contributed by atoms with Crippen LogP contribution in [0.25, 0.3) is 0 Å². The number of anilines is 1. The molecule has 1 aromatic carbocycles. The zero-order chi connectivity index (χ0) is 14.5. The average molecular weight is 272 g/mol. The molecule has 0 aliphatic rings. The second-order valence-corrected chi connectivity index (χ2v) is 4.00. The Balaban J connectivity index is 2.22. The number of nitro groups is 1. The van der Waals surface area contributed by atoms with Gasteiger partial charge in [0, 0.05) is 24.4 Å². The fraction of sp³-hybridized carbons (Fsp3) is 0.0769. The van der Waals surface area contributed by atoms with Gasteiger partial charge in [-0.3, -0.25) is 14.9 Å². The second-order valence-electron chi connectivity index (χ2n) is 4.00. The Kier molecular flexibility index (Phi) is 3.90. The summed E-state index contributed by atoms with van der Waals surface area (Å²) in [6, 6.07) is 9.49. The van der Waals surface area contributed by atoms with E-state index < -0.39 is 10.8 Å². The molecule has 1 heterocycles. The van der Waals surface area contributed by atoms with Crippen molar-refractivity contribution in [3.8, 4) is 0 Å². The zero-order valence-electron chi connectivity index (χ0n) is 10.4. The van der Waals surface area contributed by atoms with Crippen molar-refractivity contribution < 1.29 is 9.72 Å². The van der Waals surface area contributed by atoms with E-state index in [4.69, 9.17) is 5.73 Å². The number of pyridine rings is 1. The van der Waals surface area contributed by atoms with Crippen LogP contribution in [0.4, 0.5) is 11.5 Å². The quantitative estimate of drug-likeness (QED) is 0.635. The number of hydrogen-bond donors (Lipinski definition) is 2. The summed E-state index contributed by atoms with van der Waals surface area (Å²) in [7, 11) is 0. The first-order valence-electron chi connectivity index (χ1n) is 5.80. The largest absolute Gasteiger partial charge is 0.365 e. The number of aromatic nitrogens is 1. The first-order valence-corrected chi connectivity index (χ1v) is 5.80. The molecule has 0 unspecified atom stereocenters. The van der Waals surface area contributed by atoms with E-state index in [1.165, 1.54) is 18.3 Å². The highest BCUT2D eigenvalue weighted by molar-refractivity contribution is 5.97. The van der Waals surface area contributed by atoms with Crippen LogP contribution in [0.2, 0.25) is 0 Å². The van der Waals surface area contributed by atoms with E-state index in [0.29, 0.717) is 11.4 Å². The van der Waals surface area contributed by atoms with Gasteiger partial charge in [-0.05, 0) is 12.1 Å². The number of amides is 1. The Hall–Kier alpha value is -2.96. The molecule has 2 rings (SSSR count). The molecule has 2 aromatic rings. The molecule has 0 atom stereocenters. The maximum atomic E-state index is 11.2. The van der Waals surface area contributed by atoms with Crippen LogP contribution >= 0.6 is 0 Å². The third kappa shape index (κ3) is 2.89. The molecule has 0 fully saturated rings. The monoisotopic (exact) mass is 272 g/mol. The van der Waals surface area contributed by atoms with Crippen molar-refractivity contribution in [1.82, 2.24) is 4.98 Å². The lowest BCUT2D eigenvalue weighted by Crippen LogP contribution is -2.15. The van der Waals surface area contributed by atoms with Crippen LogP contribution in [0.15, 0.2) is 42.6 Å². The summed E-state index contributed by atoms with van der Waals surface area (Å²) in [5.74, 6) is -0.304. The Bertz CT molecular complexity index is 600. The number of primary amides is 1. The van der Waals surface area contributed by atoms with Crippen molar-refractivity contribution in [3.05, 3.63) is 63.8 Å². The molecule has 7 heteroatoms. The van der Waals surface area contributed by atoms with Gasteiger partial charge in [0.1, 0.15) is 5.82 Å². The highest BCUT2D eigenvalue weighted by Crippen LogP contribution is 2.19. The molecule has 3 N–H and O–H groups in total. The van der Waals surface area contributed by atoms with Crippen LogP contribution in [0.1, 0.15) is 15.9 Å². The third-order valence-electron chi connectivity index (χ3n) is 2.71. The first-order chi connectivity index (χ1) is 9.59. The van der Waals surface area contributed by atoms with Gasteiger partial charge in [-0.25, -0.2) is 4.98 Å². The number of para-hydroxylation sites is 1. The number of nitrogens with zero attached hydrogens (tertiary/aromatic N) is 2. The molecule has 0 aliphatic carbocycles. The number of hydrogen-bond acceptors (Lipinski definition) is 5. The molecule has 0 aliphatic heterocycles. The lowest BCUT2D eigenvalue weighted by Gasteiger charge is -2.08. The Morgan fingerprint density at radius 3 is 2.75 bits per heavy atom. The SMILES string of the molecule is NC(=O)c1cccnc1NCc1ccccc1[N+](=O)[O-]. The number of carbonyl (C=O) groups is 1. The molecule has 0 saturated carbocycles. The highest BCUT2D eigenvalue weighted by Gasteiger charge is 2.13. The maximum absolute atomic E-state index is 11.2. The fourth-order valence-corrected chi connectivity index (χ4v) is 1.76. The van der Waals surface area contributed by atoms with Crippen molar-refractivity contribution in [1.29, 1.82) is 0 Å². The summed E-state index contributed by atoms with van der Waals surface area (Å²) in [5, 5.41) is 13.8. The van der Waals surface area contributed by atoms with E-state index in [2.05, 4.69) is 10.3 Å². The van der Waals surface area contributed by atoms with Crippen molar-refractivity contribution in [3.63, 3.8) is 0 Å². The van der Waals surface area contributed by atoms with Crippen molar-refractivity contribution in [2.45, 2.75) is 6.54 Å². The summed E-state index contributed by atoms with van der Waals surface area (Å²) in [4.78, 5) is 25.7. The molecule has 1 amide bonds. The van der Waals surface area contributed by atoms with Crippen LogP contribution in [-0.4, -0.2) is 15.8 Å². The van der Waals surface area contributed by atoms with E-state index in [1.807, 2.05) is 0 Å². The second kappa shape index (κ2) is 5.79. The number of nitrogens with one attached hydrogen (secondary N) is 1. The lowest BCUT2D eigenvalue weighted by molar-refractivity contribution is -0.385. The van der Waals surface area contributed by atoms with Crippen LogP contribution in [0.5, 0.6) is 0 Å². The Labute approximate surface area is 114 Å². The van der Waals surface area contributed by atoms with Gasteiger partial charge in [-0.15, -0.1) is 0 Å². The van der Waals surface area contributed by atoms with E-state index in [0.717, 1.165) is 0 Å². The maximum Gasteiger partial charge on any atom is 0.274 e. The number of benzene rings is 1. The number of carbonyl (C=O) groups excluding carboxylic acids is 1. The van der Waals surface area contributed by atoms with Gasteiger partial charge in [-0.1, -0.05) is 18.2 Å². The fourth-order valence-electron chi connectivity index (χ4n) is 1.76. The van der Waals surface area contributed by atoms with Crippen LogP contribution in [-0.2, 0) is 6.54 Å². The van der Waals surface area contributed by atoms with Gasteiger partial charge < -0.3 is 11.1 Å². The molecule has 0 saturated heterocycles. The van der Waals surface area contributed by atoms with Gasteiger partial charge >= 0.3 is 0 Å². The standard InChI is InChI=1S/C13H12N4O3/c14-12(18)10-5-3-7-15-13(10)16-8-9-4-1-2-6-11(9)17(19)20/h1-7H,8H2,(H2,14,18)(H,15,16). The van der Waals surface area contributed by atoms with Gasteiger partial charge in [0.05, 0.1) is 10.5 Å². The van der Waals surface area contributed by atoms with Crippen molar-refractivity contribution >= 4 is 17.4 Å². The minimum atomic E-state index is -0.608. The Morgan fingerprint density at radius 2 is 2.05 bits per heavy atom. The summed E-state index contributed by atoms with van der Waals surface area (Å²) < 4.78 is 0. The average Bonchev–Trinajstić information content (AvgIpc) is 2.45. The lowest BCUT2D eigenvalue weighted by atomic mass is 10.1. The van der Waals surface area contributed by atoms with Gasteiger partial charge in [0.15, 0.2) is 0 Å². The topological polar surface area (TPSA) is 111 Å². The third-order valence-corrected chi connectivity index (χ3v) is 2.71. The summed E-state index contributed by atoms with van der Waals surface area (Å²) in [5.41, 5.74) is 5.99. The van der Waals surface area contributed by atoms with Crippen LogP contribution in [0, 0.1) is 10.1 Å². The molecule has 1 aromatic heterocycles.